The Morgan fingerprint density at radius 1 is 1.48 bits per heavy atom. The number of methoxy groups -OCH3 is 1. The largest absolute Gasteiger partial charge is 0.496 e. The zero-order valence-corrected chi connectivity index (χ0v) is 14.6. The van der Waals surface area contributed by atoms with Crippen molar-refractivity contribution in [3.8, 4) is 5.75 Å². The molecule has 3 N–H and O–H groups in total. The molecule has 0 aromatic heterocycles. The van der Waals surface area contributed by atoms with Crippen LogP contribution in [0.15, 0.2) is 12.1 Å². The van der Waals surface area contributed by atoms with Crippen LogP contribution < -0.4 is 15.8 Å². The van der Waals surface area contributed by atoms with Gasteiger partial charge in [0, 0.05) is 12.6 Å². The number of nitrogens with zero attached hydrogens (tertiary/aromatic N) is 1. The molecule has 1 saturated heterocycles. The van der Waals surface area contributed by atoms with Gasteiger partial charge < -0.3 is 20.7 Å². The lowest BCUT2D eigenvalue weighted by Crippen LogP contribution is -2.43. The third-order valence-electron chi connectivity index (χ3n) is 3.54. The topological polar surface area (TPSA) is 84.7 Å². The minimum atomic E-state index is -4.48. The predicted octanol–water partition coefficient (Wildman–Crippen LogP) is 2.25. The highest BCUT2D eigenvalue weighted by Crippen LogP contribution is 2.29. The Balaban J connectivity index is 0.00000312. The van der Waals surface area contributed by atoms with Gasteiger partial charge in [-0.05, 0) is 12.5 Å². The lowest BCUT2D eigenvalue weighted by Gasteiger charge is -2.19. The number of alkyl halides is 3. The first-order valence-electron chi connectivity index (χ1n) is 6.92. The Morgan fingerprint density at radius 3 is 2.68 bits per heavy atom. The van der Waals surface area contributed by atoms with Crippen LogP contribution in [0.4, 0.5) is 18.9 Å². The molecule has 1 unspecified atom stereocenters. The summed E-state index contributed by atoms with van der Waals surface area (Å²) in [6.45, 7) is -1.42. The number of likely N-dealkylation sites (tertiary alicyclic amines) is 1. The number of halogens is 5. The van der Waals surface area contributed by atoms with Crippen molar-refractivity contribution in [2.45, 2.75) is 18.6 Å². The Morgan fingerprint density at radius 2 is 2.12 bits per heavy atom. The number of carbonyl (C=O) groups is 2. The van der Waals surface area contributed by atoms with E-state index in [1.165, 1.54) is 19.2 Å². The standard InChI is InChI=1S/C14H15ClF3N3O3.ClH/c1-24-11-5-9(19)8(15)4-7(11)12(22)20-10-2-3-21(13(10)23)6-14(16,17)18;/h4-5,10H,2-3,6,19H2,1H3,(H,20,22);1H. The van der Waals surface area contributed by atoms with Crippen molar-refractivity contribution in [1.29, 1.82) is 0 Å². The number of rotatable bonds is 4. The van der Waals surface area contributed by atoms with Crippen molar-refractivity contribution >= 4 is 41.5 Å². The number of nitrogens with one attached hydrogen (secondary N) is 1. The second kappa shape index (κ2) is 8.01. The zero-order chi connectivity index (χ0) is 18.1. The Hall–Kier alpha value is -1.87. The molecule has 11 heteroatoms. The molecular formula is C14H16Cl2F3N3O3. The van der Waals surface area contributed by atoms with E-state index in [-0.39, 0.29) is 47.4 Å². The number of carbonyl (C=O) groups excluding carboxylic acids is 2. The number of anilines is 1. The summed E-state index contributed by atoms with van der Waals surface area (Å²) in [5.74, 6) is -1.31. The first-order valence-corrected chi connectivity index (χ1v) is 7.29. The molecule has 1 aliphatic rings. The van der Waals surface area contributed by atoms with Gasteiger partial charge >= 0.3 is 6.18 Å². The van der Waals surface area contributed by atoms with Crippen molar-refractivity contribution in [2.75, 3.05) is 25.9 Å². The molecule has 0 spiro atoms. The van der Waals surface area contributed by atoms with Crippen LogP contribution in [0.2, 0.25) is 5.02 Å². The minimum Gasteiger partial charge on any atom is -0.496 e. The maximum absolute atomic E-state index is 12.4. The molecule has 2 amide bonds. The number of nitrogen functional groups attached to an aromatic ring is 1. The number of hydrogen-bond acceptors (Lipinski definition) is 4. The smallest absolute Gasteiger partial charge is 0.406 e. The van der Waals surface area contributed by atoms with E-state index in [1.807, 2.05) is 0 Å². The van der Waals surface area contributed by atoms with Crippen LogP contribution in [-0.4, -0.2) is 49.1 Å². The van der Waals surface area contributed by atoms with E-state index in [0.29, 0.717) is 4.90 Å². The van der Waals surface area contributed by atoms with E-state index in [4.69, 9.17) is 22.1 Å². The molecule has 1 aromatic rings. The summed E-state index contributed by atoms with van der Waals surface area (Å²) >= 11 is 5.87. The molecule has 0 saturated carbocycles. The average molecular weight is 402 g/mol. The van der Waals surface area contributed by atoms with Crippen molar-refractivity contribution in [3.63, 3.8) is 0 Å². The third kappa shape index (κ3) is 5.05. The van der Waals surface area contributed by atoms with Gasteiger partial charge in [-0.15, -0.1) is 12.4 Å². The quantitative estimate of drug-likeness (QED) is 0.757. The monoisotopic (exact) mass is 401 g/mol. The summed E-state index contributed by atoms with van der Waals surface area (Å²) in [6.07, 6.45) is -4.39. The highest BCUT2D eigenvalue weighted by atomic mass is 35.5. The van der Waals surface area contributed by atoms with Crippen LogP contribution in [0.5, 0.6) is 5.75 Å². The van der Waals surface area contributed by atoms with Gasteiger partial charge in [-0.3, -0.25) is 9.59 Å². The molecule has 1 heterocycles. The highest BCUT2D eigenvalue weighted by Gasteiger charge is 2.40. The van der Waals surface area contributed by atoms with Crippen LogP contribution in [0, 0.1) is 0 Å². The molecule has 1 atom stereocenters. The van der Waals surface area contributed by atoms with E-state index in [1.54, 1.807) is 0 Å². The second-order valence-electron chi connectivity index (χ2n) is 5.26. The van der Waals surface area contributed by atoms with E-state index >= 15 is 0 Å². The summed E-state index contributed by atoms with van der Waals surface area (Å²) in [5, 5.41) is 2.53. The average Bonchev–Trinajstić information content (AvgIpc) is 2.80. The molecule has 1 aromatic carbocycles. The molecule has 0 bridgehead atoms. The molecule has 1 aliphatic heterocycles. The fourth-order valence-electron chi connectivity index (χ4n) is 2.40. The van der Waals surface area contributed by atoms with Crippen molar-refractivity contribution in [3.05, 3.63) is 22.7 Å². The second-order valence-corrected chi connectivity index (χ2v) is 5.67. The number of nitrogens with two attached hydrogens (primary N) is 1. The van der Waals surface area contributed by atoms with Crippen LogP contribution >= 0.6 is 24.0 Å². The van der Waals surface area contributed by atoms with E-state index < -0.39 is 30.6 Å². The molecule has 140 valence electrons. The lowest BCUT2D eigenvalue weighted by molar-refractivity contribution is -0.157. The minimum absolute atomic E-state index is 0. The summed E-state index contributed by atoms with van der Waals surface area (Å²) < 4.78 is 42.2. The molecule has 2 rings (SSSR count). The fourth-order valence-corrected chi connectivity index (χ4v) is 2.56. The van der Waals surface area contributed by atoms with E-state index in [0.717, 1.165) is 0 Å². The summed E-state index contributed by atoms with van der Waals surface area (Å²) in [6, 6.07) is 1.60. The van der Waals surface area contributed by atoms with Crippen molar-refractivity contribution in [2.24, 2.45) is 0 Å². The molecule has 6 nitrogen and oxygen atoms in total. The maximum Gasteiger partial charge on any atom is 0.406 e. The molecule has 0 radical (unpaired) electrons. The predicted molar refractivity (Wildman–Crippen MR) is 88.2 cm³/mol. The summed E-state index contributed by atoms with van der Waals surface area (Å²) in [5.41, 5.74) is 5.86. The third-order valence-corrected chi connectivity index (χ3v) is 3.86. The molecular weight excluding hydrogens is 386 g/mol. The van der Waals surface area contributed by atoms with Gasteiger partial charge in [0.2, 0.25) is 5.91 Å². The van der Waals surface area contributed by atoms with Gasteiger partial charge in [0.05, 0.1) is 23.4 Å². The van der Waals surface area contributed by atoms with Crippen LogP contribution in [-0.2, 0) is 4.79 Å². The van der Waals surface area contributed by atoms with Gasteiger partial charge in [0.25, 0.3) is 5.91 Å². The first-order chi connectivity index (χ1) is 11.1. The number of amides is 2. The van der Waals surface area contributed by atoms with E-state index in [9.17, 15) is 22.8 Å². The van der Waals surface area contributed by atoms with Gasteiger partial charge in [-0.2, -0.15) is 13.2 Å². The summed E-state index contributed by atoms with van der Waals surface area (Å²) in [4.78, 5) is 24.9. The molecule has 1 fully saturated rings. The van der Waals surface area contributed by atoms with Crippen molar-refractivity contribution in [1.82, 2.24) is 10.2 Å². The van der Waals surface area contributed by atoms with Gasteiger partial charge in [-0.1, -0.05) is 11.6 Å². The van der Waals surface area contributed by atoms with Crippen LogP contribution in [0.3, 0.4) is 0 Å². The van der Waals surface area contributed by atoms with Gasteiger partial charge in [-0.25, -0.2) is 0 Å². The molecule has 25 heavy (non-hydrogen) atoms. The fraction of sp³-hybridized carbons (Fsp3) is 0.429. The van der Waals surface area contributed by atoms with E-state index in [2.05, 4.69) is 5.32 Å². The maximum atomic E-state index is 12.4. The number of ether oxygens (including phenoxy) is 1. The van der Waals surface area contributed by atoms with Crippen LogP contribution in [0.25, 0.3) is 0 Å². The Kier molecular flexibility index (Phi) is 6.78. The number of benzene rings is 1. The Bertz CT molecular complexity index is 671. The summed E-state index contributed by atoms with van der Waals surface area (Å²) in [7, 11) is 1.32. The molecule has 0 aliphatic carbocycles. The van der Waals surface area contributed by atoms with Gasteiger partial charge in [0.15, 0.2) is 0 Å². The SMILES string of the molecule is COc1cc(N)c(Cl)cc1C(=O)NC1CCN(CC(F)(F)F)C1=O.Cl. The lowest BCUT2D eigenvalue weighted by atomic mass is 10.1. The van der Waals surface area contributed by atoms with Crippen molar-refractivity contribution < 1.29 is 27.5 Å². The Labute approximate surface area is 152 Å². The number of hydrogen-bond donors (Lipinski definition) is 2. The van der Waals surface area contributed by atoms with Gasteiger partial charge in [0.1, 0.15) is 18.3 Å². The van der Waals surface area contributed by atoms with Crippen LogP contribution in [0.1, 0.15) is 16.8 Å². The normalized spacial score (nSPS) is 17.2. The first kappa shape index (κ1) is 21.2. The zero-order valence-electron chi connectivity index (χ0n) is 13.0. The highest BCUT2D eigenvalue weighted by molar-refractivity contribution is 6.33.